The van der Waals surface area contributed by atoms with Crippen LogP contribution in [0.1, 0.15) is 34.6 Å². The van der Waals surface area contributed by atoms with Gasteiger partial charge in [-0.25, -0.2) is 0 Å². The highest BCUT2D eigenvalue weighted by atomic mass is 16.7. The van der Waals surface area contributed by atoms with Crippen LogP contribution in [0.5, 0.6) is 0 Å². The Balaban J connectivity index is 2.46. The van der Waals surface area contributed by atoms with Crippen LogP contribution in [0.25, 0.3) is 0 Å². The first-order valence-electron chi connectivity index (χ1n) is 4.68. The van der Waals surface area contributed by atoms with Crippen molar-refractivity contribution < 1.29 is 9.47 Å². The molecule has 0 aromatic heterocycles. The molecule has 0 bridgehead atoms. The molecule has 0 saturated carbocycles. The minimum absolute atomic E-state index is 0.0232. The van der Waals surface area contributed by atoms with E-state index >= 15 is 0 Å². The summed E-state index contributed by atoms with van der Waals surface area (Å²) in [6.07, 6.45) is 0.263. The van der Waals surface area contributed by atoms with Crippen LogP contribution in [-0.4, -0.2) is 19.0 Å². The molecule has 0 N–H and O–H groups in total. The van der Waals surface area contributed by atoms with Gasteiger partial charge in [0.1, 0.15) is 0 Å². The summed E-state index contributed by atoms with van der Waals surface area (Å²) >= 11 is 0. The van der Waals surface area contributed by atoms with E-state index in [2.05, 4.69) is 34.6 Å². The average molecular weight is 172 g/mol. The molecule has 2 nitrogen and oxygen atoms in total. The van der Waals surface area contributed by atoms with Gasteiger partial charge in [-0.3, -0.25) is 0 Å². The van der Waals surface area contributed by atoms with E-state index in [0.29, 0.717) is 5.92 Å². The third-order valence-corrected chi connectivity index (χ3v) is 2.16. The molecule has 1 aliphatic rings. The fourth-order valence-corrected chi connectivity index (χ4v) is 1.22. The maximum Gasteiger partial charge on any atom is 0.162 e. The fourth-order valence-electron chi connectivity index (χ4n) is 1.22. The zero-order valence-electron chi connectivity index (χ0n) is 8.76. The van der Waals surface area contributed by atoms with Gasteiger partial charge < -0.3 is 9.47 Å². The van der Waals surface area contributed by atoms with Crippen molar-refractivity contribution in [1.29, 1.82) is 0 Å². The summed E-state index contributed by atoms with van der Waals surface area (Å²) in [6.45, 7) is 11.5. The van der Waals surface area contributed by atoms with Crippen molar-refractivity contribution >= 4 is 0 Å². The minimum atomic E-state index is -0.0232. The van der Waals surface area contributed by atoms with Crippen molar-refractivity contribution in [3.05, 3.63) is 0 Å². The zero-order chi connectivity index (χ0) is 9.35. The van der Waals surface area contributed by atoms with Crippen LogP contribution in [0.4, 0.5) is 0 Å². The van der Waals surface area contributed by atoms with Crippen molar-refractivity contribution in [2.24, 2.45) is 11.3 Å². The molecular formula is C10H20O2. The molecule has 1 fully saturated rings. The highest BCUT2D eigenvalue weighted by molar-refractivity contribution is 4.75. The minimum Gasteiger partial charge on any atom is -0.349 e. The number of ether oxygens (including phenoxy) is 2. The van der Waals surface area contributed by atoms with Crippen molar-refractivity contribution in [2.45, 2.75) is 47.0 Å². The second-order valence-electron chi connectivity index (χ2n) is 4.95. The number of rotatable bonds is 1. The molecule has 0 radical (unpaired) electrons. The van der Waals surface area contributed by atoms with E-state index in [9.17, 15) is 0 Å². The molecule has 0 spiro atoms. The molecule has 1 saturated heterocycles. The van der Waals surface area contributed by atoms with Gasteiger partial charge in [-0.05, 0) is 5.92 Å². The van der Waals surface area contributed by atoms with Gasteiger partial charge in [-0.15, -0.1) is 0 Å². The van der Waals surface area contributed by atoms with Crippen LogP contribution in [-0.2, 0) is 9.47 Å². The van der Waals surface area contributed by atoms with E-state index in [0.717, 1.165) is 6.61 Å². The second kappa shape index (κ2) is 3.35. The molecule has 2 heteroatoms. The average Bonchev–Trinajstić information content (AvgIpc) is 2.30. The van der Waals surface area contributed by atoms with Crippen molar-refractivity contribution in [2.75, 3.05) is 6.61 Å². The highest BCUT2D eigenvalue weighted by Crippen LogP contribution is 2.30. The number of hydrogen-bond donors (Lipinski definition) is 0. The van der Waals surface area contributed by atoms with Gasteiger partial charge in [0, 0.05) is 5.41 Å². The Morgan fingerprint density at radius 3 is 2.08 bits per heavy atom. The summed E-state index contributed by atoms with van der Waals surface area (Å²) in [5.41, 5.74) is 0.101. The standard InChI is InChI=1S/C10H20O2/c1-7(2)8-6-11-9(12-8)10(3,4)5/h7-9H,6H2,1-5H3/t8-,9?/m0/s1. The van der Waals surface area contributed by atoms with Crippen molar-refractivity contribution in [3.63, 3.8) is 0 Å². The van der Waals surface area contributed by atoms with Gasteiger partial charge in [0.05, 0.1) is 12.7 Å². The number of hydrogen-bond acceptors (Lipinski definition) is 2. The Hall–Kier alpha value is -0.0800. The molecule has 1 rings (SSSR count). The lowest BCUT2D eigenvalue weighted by molar-refractivity contribution is -0.128. The lowest BCUT2D eigenvalue weighted by Crippen LogP contribution is -2.28. The first-order valence-corrected chi connectivity index (χ1v) is 4.68. The summed E-state index contributed by atoms with van der Waals surface area (Å²) in [5.74, 6) is 0.553. The Kier molecular flexibility index (Phi) is 2.79. The molecule has 12 heavy (non-hydrogen) atoms. The van der Waals surface area contributed by atoms with Crippen molar-refractivity contribution in [1.82, 2.24) is 0 Å². The molecular weight excluding hydrogens is 152 g/mol. The van der Waals surface area contributed by atoms with Gasteiger partial charge in [0.25, 0.3) is 0 Å². The van der Waals surface area contributed by atoms with Crippen LogP contribution < -0.4 is 0 Å². The van der Waals surface area contributed by atoms with Crippen molar-refractivity contribution in [3.8, 4) is 0 Å². The normalized spacial score (nSPS) is 31.5. The van der Waals surface area contributed by atoms with Crippen LogP contribution in [0.3, 0.4) is 0 Å². The van der Waals surface area contributed by atoms with Gasteiger partial charge >= 0.3 is 0 Å². The molecule has 0 aliphatic carbocycles. The molecule has 72 valence electrons. The van der Waals surface area contributed by atoms with E-state index in [1.807, 2.05) is 0 Å². The zero-order valence-corrected chi connectivity index (χ0v) is 8.76. The van der Waals surface area contributed by atoms with E-state index < -0.39 is 0 Å². The Morgan fingerprint density at radius 2 is 1.83 bits per heavy atom. The molecule has 0 aromatic carbocycles. The van der Waals surface area contributed by atoms with Gasteiger partial charge in [-0.2, -0.15) is 0 Å². The third-order valence-electron chi connectivity index (χ3n) is 2.16. The largest absolute Gasteiger partial charge is 0.349 e. The van der Waals surface area contributed by atoms with E-state index in [-0.39, 0.29) is 17.8 Å². The molecule has 1 aliphatic heterocycles. The lowest BCUT2D eigenvalue weighted by Gasteiger charge is -2.25. The maximum atomic E-state index is 5.77. The predicted molar refractivity (Wildman–Crippen MR) is 48.9 cm³/mol. The molecule has 1 heterocycles. The summed E-state index contributed by atoms with van der Waals surface area (Å²) in [4.78, 5) is 0. The van der Waals surface area contributed by atoms with E-state index in [4.69, 9.17) is 9.47 Å². The topological polar surface area (TPSA) is 18.5 Å². The fraction of sp³-hybridized carbons (Fsp3) is 1.00. The summed E-state index contributed by atoms with van der Waals surface area (Å²) < 4.78 is 11.3. The first kappa shape index (κ1) is 10.0. The Labute approximate surface area is 75.2 Å². The monoisotopic (exact) mass is 172 g/mol. The third kappa shape index (κ3) is 2.20. The van der Waals surface area contributed by atoms with Crippen LogP contribution >= 0.6 is 0 Å². The SMILES string of the molecule is CC(C)[C@@H]1COC(C(C)(C)C)O1. The van der Waals surface area contributed by atoms with Gasteiger partial charge in [-0.1, -0.05) is 34.6 Å². The van der Waals surface area contributed by atoms with Crippen LogP contribution in [0.2, 0.25) is 0 Å². The lowest BCUT2D eigenvalue weighted by atomic mass is 9.96. The summed E-state index contributed by atoms with van der Waals surface area (Å²) in [7, 11) is 0. The predicted octanol–water partition coefficient (Wildman–Crippen LogP) is 2.43. The smallest absolute Gasteiger partial charge is 0.162 e. The quantitative estimate of drug-likeness (QED) is 0.604. The highest BCUT2D eigenvalue weighted by Gasteiger charge is 2.35. The molecule has 2 atom stereocenters. The first-order chi connectivity index (χ1) is 5.41. The van der Waals surface area contributed by atoms with E-state index in [1.54, 1.807) is 0 Å². The molecule has 1 unspecified atom stereocenters. The van der Waals surface area contributed by atoms with Crippen LogP contribution in [0.15, 0.2) is 0 Å². The Bertz CT molecular complexity index is 146. The van der Waals surface area contributed by atoms with Gasteiger partial charge in [0.2, 0.25) is 0 Å². The maximum absolute atomic E-state index is 5.77. The molecule has 0 amide bonds. The summed E-state index contributed by atoms with van der Waals surface area (Å²) in [6, 6.07) is 0. The summed E-state index contributed by atoms with van der Waals surface area (Å²) in [5, 5.41) is 0. The molecule has 0 aromatic rings. The van der Waals surface area contributed by atoms with Crippen LogP contribution in [0, 0.1) is 11.3 Å². The van der Waals surface area contributed by atoms with Gasteiger partial charge in [0.15, 0.2) is 6.29 Å². The van der Waals surface area contributed by atoms with E-state index in [1.165, 1.54) is 0 Å². The second-order valence-corrected chi connectivity index (χ2v) is 4.95. The Morgan fingerprint density at radius 1 is 1.25 bits per heavy atom.